The van der Waals surface area contributed by atoms with Gasteiger partial charge in [0.1, 0.15) is 5.82 Å². The van der Waals surface area contributed by atoms with Gasteiger partial charge in [0.05, 0.1) is 34.0 Å². The molecule has 10 nitrogen and oxygen atoms in total. The lowest BCUT2D eigenvalue weighted by Gasteiger charge is -2.34. The van der Waals surface area contributed by atoms with Gasteiger partial charge in [0, 0.05) is 43.7 Å². The monoisotopic (exact) mass is 479 g/mol. The van der Waals surface area contributed by atoms with Crippen LogP contribution in [0.3, 0.4) is 0 Å². The average Bonchev–Trinajstić information content (AvgIpc) is 2.90. The molecule has 1 aliphatic rings. The Labute approximate surface area is 203 Å². The van der Waals surface area contributed by atoms with Crippen LogP contribution in [0.2, 0.25) is 0 Å². The van der Waals surface area contributed by atoms with Crippen molar-refractivity contribution in [2.45, 2.75) is 0 Å². The van der Waals surface area contributed by atoms with Crippen molar-refractivity contribution in [2.24, 2.45) is 0 Å². The number of amides is 1. The SMILES string of the molecule is COc1ccc(/C=C/C(=O)N2CCN(c3nc(N)c4cc(OC)c(OC)cc4n3)CC2)cc1OC. The number of carbonyl (C=O) groups is 1. The van der Waals surface area contributed by atoms with Crippen molar-refractivity contribution in [1.29, 1.82) is 0 Å². The van der Waals surface area contributed by atoms with Crippen molar-refractivity contribution in [1.82, 2.24) is 14.9 Å². The Morgan fingerprint density at radius 3 is 2.14 bits per heavy atom. The molecule has 0 saturated carbocycles. The van der Waals surface area contributed by atoms with Crippen molar-refractivity contribution in [3.8, 4) is 23.0 Å². The molecule has 1 aliphatic heterocycles. The Morgan fingerprint density at radius 2 is 1.49 bits per heavy atom. The second kappa shape index (κ2) is 10.4. The lowest BCUT2D eigenvalue weighted by Crippen LogP contribution is -2.48. The fourth-order valence-electron chi connectivity index (χ4n) is 3.96. The van der Waals surface area contributed by atoms with E-state index >= 15 is 0 Å². The van der Waals surface area contributed by atoms with Gasteiger partial charge in [0.15, 0.2) is 23.0 Å². The van der Waals surface area contributed by atoms with Crippen molar-refractivity contribution in [3.05, 3.63) is 42.0 Å². The van der Waals surface area contributed by atoms with Crippen LogP contribution in [0.1, 0.15) is 5.56 Å². The Kier molecular flexibility index (Phi) is 7.09. The fraction of sp³-hybridized carbons (Fsp3) is 0.320. The maximum absolute atomic E-state index is 12.7. The quantitative estimate of drug-likeness (QED) is 0.511. The number of rotatable bonds is 7. The molecule has 0 bridgehead atoms. The van der Waals surface area contributed by atoms with Crippen molar-refractivity contribution < 1.29 is 23.7 Å². The number of nitrogens with zero attached hydrogens (tertiary/aromatic N) is 4. The van der Waals surface area contributed by atoms with Crippen LogP contribution in [0.5, 0.6) is 23.0 Å². The third-order valence-electron chi connectivity index (χ3n) is 5.92. The summed E-state index contributed by atoms with van der Waals surface area (Å²) in [5, 5.41) is 0.695. The number of benzene rings is 2. The molecular weight excluding hydrogens is 450 g/mol. The van der Waals surface area contributed by atoms with E-state index < -0.39 is 0 Å². The van der Waals surface area contributed by atoms with Gasteiger partial charge in [-0.25, -0.2) is 4.98 Å². The Balaban J connectivity index is 1.43. The molecule has 35 heavy (non-hydrogen) atoms. The molecule has 2 heterocycles. The summed E-state index contributed by atoms with van der Waals surface area (Å²) >= 11 is 0. The Morgan fingerprint density at radius 1 is 0.857 bits per heavy atom. The molecule has 0 unspecified atom stereocenters. The minimum atomic E-state index is -0.0600. The first-order valence-electron chi connectivity index (χ1n) is 11.1. The zero-order valence-electron chi connectivity index (χ0n) is 20.3. The molecule has 2 N–H and O–H groups in total. The van der Waals surface area contributed by atoms with E-state index in [-0.39, 0.29) is 5.91 Å². The number of nitrogen functional groups attached to an aromatic ring is 1. The molecule has 2 aromatic carbocycles. The van der Waals surface area contributed by atoms with Crippen LogP contribution in [0, 0.1) is 0 Å². The van der Waals surface area contributed by atoms with Crippen LogP contribution < -0.4 is 29.6 Å². The highest BCUT2D eigenvalue weighted by Crippen LogP contribution is 2.34. The first-order chi connectivity index (χ1) is 17.0. The van der Waals surface area contributed by atoms with E-state index in [9.17, 15) is 4.79 Å². The number of ether oxygens (including phenoxy) is 4. The third-order valence-corrected chi connectivity index (χ3v) is 5.92. The van der Waals surface area contributed by atoms with Crippen molar-refractivity contribution >= 4 is 34.7 Å². The molecule has 0 radical (unpaired) electrons. The summed E-state index contributed by atoms with van der Waals surface area (Å²) < 4.78 is 21.3. The number of fused-ring (bicyclic) bond motifs is 1. The fourth-order valence-corrected chi connectivity index (χ4v) is 3.96. The standard InChI is InChI=1S/C25H29N5O5/c1-32-19-7-5-16(13-20(19)33-2)6-8-23(31)29-9-11-30(12-10-29)25-27-18-15-22(35-4)21(34-3)14-17(18)24(26)28-25/h5-8,13-15H,9-12H2,1-4H3,(H2,26,27,28)/b8-6+. The maximum Gasteiger partial charge on any atom is 0.246 e. The zero-order chi connectivity index (χ0) is 24.9. The number of piperazine rings is 1. The molecule has 1 amide bonds. The zero-order valence-corrected chi connectivity index (χ0v) is 20.3. The molecule has 1 fully saturated rings. The van der Waals surface area contributed by atoms with Crippen molar-refractivity contribution in [3.63, 3.8) is 0 Å². The highest BCUT2D eigenvalue weighted by Gasteiger charge is 2.23. The summed E-state index contributed by atoms with van der Waals surface area (Å²) in [4.78, 5) is 25.7. The van der Waals surface area contributed by atoms with E-state index in [4.69, 9.17) is 24.7 Å². The number of carbonyl (C=O) groups excluding carboxylic acids is 1. The van der Waals surface area contributed by atoms with E-state index in [2.05, 4.69) is 9.97 Å². The van der Waals surface area contributed by atoms with Gasteiger partial charge in [-0.2, -0.15) is 4.98 Å². The van der Waals surface area contributed by atoms with E-state index in [0.29, 0.717) is 71.8 Å². The molecular formula is C25H29N5O5. The summed E-state index contributed by atoms with van der Waals surface area (Å²) in [7, 11) is 6.31. The lowest BCUT2D eigenvalue weighted by molar-refractivity contribution is -0.126. The maximum atomic E-state index is 12.7. The van der Waals surface area contributed by atoms with Crippen LogP contribution in [0.15, 0.2) is 36.4 Å². The number of aromatic nitrogens is 2. The average molecular weight is 480 g/mol. The summed E-state index contributed by atoms with van der Waals surface area (Å²) in [5.74, 6) is 3.22. The predicted octanol–water partition coefficient (Wildman–Crippen LogP) is 2.61. The van der Waals surface area contributed by atoms with Gasteiger partial charge in [-0.1, -0.05) is 6.07 Å². The predicted molar refractivity (Wildman–Crippen MR) is 134 cm³/mol. The molecule has 1 saturated heterocycles. The molecule has 0 spiro atoms. The van der Waals surface area contributed by atoms with Crippen LogP contribution in [-0.4, -0.2) is 75.4 Å². The molecule has 0 aliphatic carbocycles. The summed E-state index contributed by atoms with van der Waals surface area (Å²) in [6, 6.07) is 9.06. The van der Waals surface area contributed by atoms with E-state index in [0.717, 1.165) is 5.56 Å². The lowest BCUT2D eigenvalue weighted by atomic mass is 10.2. The highest BCUT2D eigenvalue weighted by atomic mass is 16.5. The number of hydrogen-bond acceptors (Lipinski definition) is 9. The highest BCUT2D eigenvalue weighted by molar-refractivity contribution is 5.93. The van der Waals surface area contributed by atoms with E-state index in [1.165, 1.54) is 0 Å². The minimum Gasteiger partial charge on any atom is -0.493 e. The molecule has 184 valence electrons. The van der Waals surface area contributed by atoms with Gasteiger partial charge in [-0.15, -0.1) is 0 Å². The number of anilines is 2. The first-order valence-corrected chi connectivity index (χ1v) is 11.1. The van der Waals surface area contributed by atoms with Gasteiger partial charge in [-0.3, -0.25) is 4.79 Å². The van der Waals surface area contributed by atoms with Crippen LogP contribution in [0.25, 0.3) is 17.0 Å². The van der Waals surface area contributed by atoms with Gasteiger partial charge < -0.3 is 34.5 Å². The number of methoxy groups -OCH3 is 4. The summed E-state index contributed by atoms with van der Waals surface area (Å²) in [5.41, 5.74) is 7.74. The van der Waals surface area contributed by atoms with Crippen LogP contribution in [-0.2, 0) is 4.79 Å². The smallest absolute Gasteiger partial charge is 0.246 e. The second-order valence-corrected chi connectivity index (χ2v) is 7.89. The van der Waals surface area contributed by atoms with Crippen molar-refractivity contribution in [2.75, 3.05) is 65.3 Å². The van der Waals surface area contributed by atoms with Gasteiger partial charge in [0.25, 0.3) is 0 Å². The van der Waals surface area contributed by atoms with Crippen LogP contribution >= 0.6 is 0 Å². The molecule has 4 rings (SSSR count). The molecule has 1 aromatic heterocycles. The third kappa shape index (κ3) is 5.01. The molecule has 0 atom stereocenters. The molecule has 3 aromatic rings. The normalized spacial score (nSPS) is 13.8. The van der Waals surface area contributed by atoms with Crippen LogP contribution in [0.4, 0.5) is 11.8 Å². The Hall–Kier alpha value is -4.21. The number of nitrogens with two attached hydrogens (primary N) is 1. The first kappa shape index (κ1) is 23.9. The van der Waals surface area contributed by atoms with Gasteiger partial charge in [0.2, 0.25) is 11.9 Å². The topological polar surface area (TPSA) is 112 Å². The van der Waals surface area contributed by atoms with E-state index in [1.54, 1.807) is 57.6 Å². The van der Waals surface area contributed by atoms with E-state index in [1.807, 2.05) is 23.1 Å². The summed E-state index contributed by atoms with van der Waals surface area (Å²) in [6.07, 6.45) is 3.34. The molecule has 10 heteroatoms. The Bertz CT molecular complexity index is 1250. The second-order valence-electron chi connectivity index (χ2n) is 7.89. The number of hydrogen-bond donors (Lipinski definition) is 1. The minimum absolute atomic E-state index is 0.0600. The summed E-state index contributed by atoms with van der Waals surface area (Å²) in [6.45, 7) is 2.27. The van der Waals surface area contributed by atoms with Gasteiger partial charge >= 0.3 is 0 Å². The largest absolute Gasteiger partial charge is 0.493 e. The van der Waals surface area contributed by atoms with Gasteiger partial charge in [-0.05, 0) is 29.8 Å².